The van der Waals surface area contributed by atoms with Crippen LogP contribution in [0, 0.1) is 5.92 Å². The van der Waals surface area contributed by atoms with Crippen molar-refractivity contribution in [1.82, 2.24) is 14.8 Å². The quantitative estimate of drug-likeness (QED) is 0.570. The number of hydrogen-bond donors (Lipinski definition) is 2. The number of pyridine rings is 1. The molecule has 2 N–H and O–H groups in total. The van der Waals surface area contributed by atoms with Gasteiger partial charge in [-0.2, -0.15) is 0 Å². The Morgan fingerprint density at radius 3 is 2.73 bits per heavy atom. The number of methoxy groups -OCH3 is 1. The predicted molar refractivity (Wildman–Crippen MR) is 127 cm³/mol. The number of rotatable bonds is 9. The highest BCUT2D eigenvalue weighted by Crippen LogP contribution is 2.36. The third-order valence-corrected chi connectivity index (χ3v) is 6.83. The topological polar surface area (TPSA) is 83.8 Å². The molecule has 0 bridgehead atoms. The number of amides is 1. The van der Waals surface area contributed by atoms with Gasteiger partial charge < -0.3 is 24.6 Å². The summed E-state index contributed by atoms with van der Waals surface area (Å²) in [4.78, 5) is 28.1. The maximum Gasteiger partial charge on any atom is 0.250 e. The van der Waals surface area contributed by atoms with Crippen LogP contribution in [0.2, 0.25) is 0 Å². The van der Waals surface area contributed by atoms with E-state index in [-0.39, 0.29) is 35.1 Å². The maximum absolute atomic E-state index is 13.8. The number of phenolic OH excluding ortho intramolecular Hbond substituents is 1. The van der Waals surface area contributed by atoms with Crippen molar-refractivity contribution in [2.75, 3.05) is 26.8 Å². The number of nitrogens with zero attached hydrogens (tertiary/aromatic N) is 2. The molecule has 2 aromatic rings. The van der Waals surface area contributed by atoms with Gasteiger partial charge in [0.2, 0.25) is 5.91 Å². The summed E-state index contributed by atoms with van der Waals surface area (Å²) in [5.41, 5.74) is 2.92. The van der Waals surface area contributed by atoms with E-state index >= 15 is 0 Å². The Hall–Kier alpha value is -2.64. The van der Waals surface area contributed by atoms with E-state index in [1.54, 1.807) is 43.1 Å². The van der Waals surface area contributed by atoms with Crippen molar-refractivity contribution in [3.8, 4) is 5.75 Å². The van der Waals surface area contributed by atoms with Crippen LogP contribution in [-0.4, -0.2) is 53.3 Å². The molecule has 33 heavy (non-hydrogen) atoms. The molecule has 0 spiro atoms. The van der Waals surface area contributed by atoms with Gasteiger partial charge in [-0.05, 0) is 79.5 Å². The Kier molecular flexibility index (Phi) is 7.50. The smallest absolute Gasteiger partial charge is 0.250 e. The van der Waals surface area contributed by atoms with Crippen LogP contribution in [-0.2, 0) is 29.5 Å². The molecule has 1 aromatic heterocycles. The molecule has 1 unspecified atom stereocenters. The molecule has 2 atom stereocenters. The van der Waals surface area contributed by atoms with Crippen LogP contribution in [0.1, 0.15) is 48.3 Å². The minimum Gasteiger partial charge on any atom is -0.508 e. The maximum atomic E-state index is 13.8. The van der Waals surface area contributed by atoms with E-state index in [0.717, 1.165) is 55.3 Å². The van der Waals surface area contributed by atoms with Gasteiger partial charge in [0.05, 0.1) is 5.92 Å². The van der Waals surface area contributed by atoms with Gasteiger partial charge >= 0.3 is 0 Å². The Bertz CT molecular complexity index is 1030. The summed E-state index contributed by atoms with van der Waals surface area (Å²) in [5, 5.41) is 13.7. The minimum absolute atomic E-state index is 0.0303. The summed E-state index contributed by atoms with van der Waals surface area (Å²) >= 11 is 0. The van der Waals surface area contributed by atoms with E-state index in [2.05, 4.69) is 11.4 Å². The number of aromatic nitrogens is 1. The summed E-state index contributed by atoms with van der Waals surface area (Å²) < 4.78 is 6.70. The molecule has 2 heterocycles. The largest absolute Gasteiger partial charge is 0.508 e. The number of carbonyl (C=O) groups is 1. The molecule has 1 amide bonds. The van der Waals surface area contributed by atoms with Crippen molar-refractivity contribution in [2.24, 2.45) is 13.0 Å². The first-order valence-corrected chi connectivity index (χ1v) is 11.9. The van der Waals surface area contributed by atoms with Crippen molar-refractivity contribution in [3.63, 3.8) is 0 Å². The molecule has 0 radical (unpaired) electrons. The average Bonchev–Trinajstić information content (AvgIpc) is 3.64. The van der Waals surface area contributed by atoms with Crippen molar-refractivity contribution >= 4 is 5.91 Å². The van der Waals surface area contributed by atoms with Crippen LogP contribution >= 0.6 is 0 Å². The van der Waals surface area contributed by atoms with E-state index in [4.69, 9.17) is 4.74 Å². The normalized spacial score (nSPS) is 20.5. The zero-order valence-corrected chi connectivity index (χ0v) is 19.6. The summed E-state index contributed by atoms with van der Waals surface area (Å²) in [6, 6.07) is 9.55. The average molecular weight is 454 g/mol. The first-order chi connectivity index (χ1) is 16.0. The van der Waals surface area contributed by atoms with Crippen LogP contribution in [0.25, 0.3) is 0 Å². The number of hydrogen-bond acceptors (Lipinski definition) is 5. The monoisotopic (exact) mass is 453 g/mol. The van der Waals surface area contributed by atoms with Crippen LogP contribution in [0.3, 0.4) is 0 Å². The first kappa shape index (κ1) is 23.5. The van der Waals surface area contributed by atoms with Crippen LogP contribution < -0.4 is 10.9 Å². The molecule has 1 aliphatic heterocycles. The highest BCUT2D eigenvalue weighted by atomic mass is 16.5. The van der Waals surface area contributed by atoms with E-state index < -0.39 is 0 Å². The predicted octanol–water partition coefficient (Wildman–Crippen LogP) is 2.55. The molecule has 178 valence electrons. The lowest BCUT2D eigenvalue weighted by Gasteiger charge is -2.35. The van der Waals surface area contributed by atoms with Crippen molar-refractivity contribution in [1.29, 1.82) is 0 Å². The molecular weight excluding hydrogens is 418 g/mol. The third kappa shape index (κ3) is 5.84. The van der Waals surface area contributed by atoms with E-state index in [1.165, 1.54) is 0 Å². The molecule has 2 aliphatic rings. The zero-order chi connectivity index (χ0) is 23.4. The van der Waals surface area contributed by atoms with Crippen molar-refractivity contribution in [2.45, 2.75) is 50.6 Å². The van der Waals surface area contributed by atoms with Crippen LogP contribution in [0.15, 0.2) is 41.3 Å². The van der Waals surface area contributed by atoms with Gasteiger partial charge in [0.25, 0.3) is 5.56 Å². The number of phenols is 1. The van der Waals surface area contributed by atoms with E-state index in [0.29, 0.717) is 19.7 Å². The second kappa shape index (κ2) is 10.5. The van der Waals surface area contributed by atoms with Crippen LogP contribution in [0.5, 0.6) is 5.75 Å². The molecular formula is C26H35N3O4. The second-order valence-corrected chi connectivity index (χ2v) is 9.42. The Morgan fingerprint density at radius 2 is 2.00 bits per heavy atom. The summed E-state index contributed by atoms with van der Waals surface area (Å²) in [7, 11) is 3.43. The Labute approximate surface area is 195 Å². The summed E-state index contributed by atoms with van der Waals surface area (Å²) in [6.07, 6.45) is 6.36. The molecule has 1 saturated heterocycles. The van der Waals surface area contributed by atoms with Gasteiger partial charge in [0.15, 0.2) is 0 Å². The number of ether oxygens (including phenoxy) is 1. The zero-order valence-electron chi connectivity index (χ0n) is 19.6. The molecule has 1 aromatic carbocycles. The lowest BCUT2D eigenvalue weighted by Crippen LogP contribution is -2.47. The van der Waals surface area contributed by atoms with Gasteiger partial charge in [-0.15, -0.1) is 0 Å². The number of aromatic hydroxyl groups is 1. The molecule has 2 fully saturated rings. The fourth-order valence-electron chi connectivity index (χ4n) is 4.89. The number of aryl methyl sites for hydroxylation is 2. The third-order valence-electron chi connectivity index (χ3n) is 6.83. The lowest BCUT2D eigenvalue weighted by atomic mass is 9.80. The van der Waals surface area contributed by atoms with Gasteiger partial charge in [-0.25, -0.2) is 0 Å². The molecule has 4 rings (SSSR count). The van der Waals surface area contributed by atoms with E-state index in [9.17, 15) is 14.7 Å². The fraction of sp³-hybridized carbons (Fsp3) is 0.538. The van der Waals surface area contributed by atoms with Gasteiger partial charge in [0, 0.05) is 52.2 Å². The SMILES string of the molecule is COCCCc1cc(O)cc(CN(C(=O)C2CNCC[C@@H]2c2ccn(C)c(=O)c2)C2CC2)c1. The number of benzene rings is 1. The van der Waals surface area contributed by atoms with Gasteiger partial charge in [0.1, 0.15) is 5.75 Å². The standard InChI is InChI=1S/C26H35N3O4/c1-28-10-8-20(15-25(28)31)23-7-9-27-16-24(23)26(32)29(21-5-6-21)17-19-12-18(4-3-11-33-2)13-22(30)14-19/h8,10,12-15,21,23-24,27,30H,3-7,9,11,16-17H2,1-2H3/t23-,24?/m1/s1. The summed E-state index contributed by atoms with van der Waals surface area (Å²) in [5.74, 6) is 0.202. The van der Waals surface area contributed by atoms with Crippen LogP contribution in [0.4, 0.5) is 0 Å². The molecule has 7 nitrogen and oxygen atoms in total. The van der Waals surface area contributed by atoms with E-state index in [1.807, 2.05) is 11.0 Å². The highest BCUT2D eigenvalue weighted by molar-refractivity contribution is 5.81. The minimum atomic E-state index is -0.204. The Balaban J connectivity index is 1.54. The Morgan fingerprint density at radius 1 is 1.21 bits per heavy atom. The number of piperidine rings is 1. The van der Waals surface area contributed by atoms with Gasteiger partial charge in [-0.1, -0.05) is 6.07 Å². The number of carbonyl (C=O) groups excluding carboxylic acids is 1. The van der Waals surface area contributed by atoms with Crippen molar-refractivity contribution < 1.29 is 14.6 Å². The van der Waals surface area contributed by atoms with Gasteiger partial charge in [-0.3, -0.25) is 9.59 Å². The lowest BCUT2D eigenvalue weighted by molar-refractivity contribution is -0.138. The second-order valence-electron chi connectivity index (χ2n) is 9.42. The number of nitrogens with one attached hydrogen (secondary N) is 1. The highest BCUT2D eigenvalue weighted by Gasteiger charge is 2.40. The molecule has 7 heteroatoms. The van der Waals surface area contributed by atoms with Crippen molar-refractivity contribution in [3.05, 3.63) is 63.6 Å². The molecule has 1 aliphatic carbocycles. The summed E-state index contributed by atoms with van der Waals surface area (Å²) in [6.45, 7) is 2.63. The molecule has 1 saturated carbocycles. The first-order valence-electron chi connectivity index (χ1n) is 11.9. The fourth-order valence-corrected chi connectivity index (χ4v) is 4.89.